The molecule has 0 amide bonds. The summed E-state index contributed by atoms with van der Waals surface area (Å²) < 4.78 is 7.88. The maximum absolute atomic E-state index is 4.78. The molecular weight excluding hydrogens is 1840 g/mol. The van der Waals surface area contributed by atoms with Crippen molar-refractivity contribution in [1.29, 1.82) is 0 Å². The quantitative estimate of drug-likeness (QED) is 0.113. The summed E-state index contributed by atoms with van der Waals surface area (Å²) >= 11 is 5.69. The fraction of sp³-hybridized carbons (Fsp3) is 0. The minimum Gasteiger partial charge on any atom is -0.252 e. The second-order valence-electron chi connectivity index (χ2n) is 37.7. The number of hydrogen-bond donors (Lipinski definition) is 0. The number of fused-ring (bicyclic) bond motifs is 27. The Labute approximate surface area is 859 Å². The maximum atomic E-state index is 4.78. The van der Waals surface area contributed by atoms with E-state index in [9.17, 15) is 0 Å². The molecule has 9 heteroatoms. The monoisotopic (exact) mass is 1920 g/mol. The lowest BCUT2D eigenvalue weighted by Crippen LogP contribution is -1.89. The molecule has 0 spiro atoms. The van der Waals surface area contributed by atoms with Gasteiger partial charge in [-0.25, -0.2) is 0 Å². The van der Waals surface area contributed by atoms with Gasteiger partial charge in [0.25, 0.3) is 0 Å². The second kappa shape index (κ2) is 36.5. The first-order valence-electron chi connectivity index (χ1n) is 49.7. The lowest BCUT2D eigenvalue weighted by atomic mass is 9.91. The molecule has 0 aliphatic heterocycles. The molecule has 0 aliphatic carbocycles. The van der Waals surface area contributed by atoms with Crippen LogP contribution in [0.25, 0.3) is 292 Å². The van der Waals surface area contributed by atoms with Crippen molar-refractivity contribution in [2.24, 2.45) is 0 Å². The number of benzene rings is 24. The van der Waals surface area contributed by atoms with E-state index in [1.165, 1.54) is 226 Å². The summed E-state index contributed by atoms with van der Waals surface area (Å²) in [6.07, 6.45) is 10.7. The molecule has 0 N–H and O–H groups in total. The molecule has 147 heavy (non-hydrogen) atoms. The minimum absolute atomic E-state index is 0.937. The summed E-state index contributed by atoms with van der Waals surface area (Å²) in [5.41, 5.74) is 35.0. The fourth-order valence-corrected chi connectivity index (χ4v) is 26.1. The van der Waals surface area contributed by atoms with Gasteiger partial charge in [0.1, 0.15) is 0 Å². The SMILES string of the molecule is c1ccc(-c2cc(-c3ccccc3)c3sc4c(-c5cccc(-c6ccc7c(c6)c6ccccc6c6nccnc76)c5)cc(-c5ccccc5)cc4c3c2)cc1.c1ccc(-c2ccc3sc4c(-c5cccc(-c6ccc7c(c6)c6ccccc6c6nccnc76)c5)cc(-c5ccccc5)cc4c3c2)cc1.c1ccc(-c2cccc3c2sc2c(-c4cccc(-c5ccc6c(c5)c5ccccc5c5nccnc65)c4)cccc23)cc1. The summed E-state index contributed by atoms with van der Waals surface area (Å²) in [4.78, 5) is 28.4. The Bertz CT molecular complexity index is 10400. The van der Waals surface area contributed by atoms with Crippen LogP contribution in [0.15, 0.2) is 510 Å². The third-order valence-electron chi connectivity index (χ3n) is 29.2. The van der Waals surface area contributed by atoms with E-state index in [4.69, 9.17) is 24.9 Å². The van der Waals surface area contributed by atoms with Crippen LogP contribution in [0.4, 0.5) is 0 Å². The Balaban J connectivity index is 0.000000107. The van der Waals surface area contributed by atoms with Crippen LogP contribution in [0.2, 0.25) is 0 Å². The lowest BCUT2D eigenvalue weighted by Gasteiger charge is -2.13. The highest BCUT2D eigenvalue weighted by Crippen LogP contribution is 2.52. The topological polar surface area (TPSA) is 77.3 Å². The van der Waals surface area contributed by atoms with Crippen LogP contribution in [0.1, 0.15) is 0 Å². The van der Waals surface area contributed by atoms with Gasteiger partial charge in [-0.15, -0.1) is 34.0 Å². The highest BCUT2D eigenvalue weighted by molar-refractivity contribution is 7.27. The van der Waals surface area contributed by atoms with E-state index in [1.54, 1.807) is 37.2 Å². The Morgan fingerprint density at radius 2 is 0.327 bits per heavy atom. The Morgan fingerprint density at radius 1 is 0.109 bits per heavy atom. The Morgan fingerprint density at radius 3 is 0.687 bits per heavy atom. The van der Waals surface area contributed by atoms with Crippen molar-refractivity contribution in [3.05, 3.63) is 510 Å². The first-order chi connectivity index (χ1) is 72.9. The average molecular weight is 1920 g/mol. The molecule has 0 bridgehead atoms. The van der Waals surface area contributed by atoms with Gasteiger partial charge in [0, 0.05) is 147 Å². The smallest absolute Gasteiger partial charge is 0.0971 e. The van der Waals surface area contributed by atoms with Gasteiger partial charge in [-0.05, 0) is 234 Å². The first kappa shape index (κ1) is 86.4. The van der Waals surface area contributed by atoms with E-state index < -0.39 is 0 Å². The van der Waals surface area contributed by atoms with Crippen molar-refractivity contribution in [3.8, 4) is 134 Å². The molecule has 6 nitrogen and oxygen atoms in total. The Hall–Kier alpha value is -18.5. The van der Waals surface area contributed by atoms with Crippen LogP contribution < -0.4 is 0 Å². The van der Waals surface area contributed by atoms with Crippen molar-refractivity contribution >= 4 is 192 Å². The summed E-state index contributed by atoms with van der Waals surface area (Å²) in [6, 6.07) is 172. The zero-order valence-electron chi connectivity index (χ0n) is 79.4. The largest absolute Gasteiger partial charge is 0.252 e. The van der Waals surface area contributed by atoms with E-state index in [0.29, 0.717) is 0 Å². The zero-order valence-corrected chi connectivity index (χ0v) is 81.9. The Kier molecular flexibility index (Phi) is 21.4. The normalized spacial score (nSPS) is 11.7. The molecule has 6 heterocycles. The molecular formula is C138H84N6S3. The van der Waals surface area contributed by atoms with Crippen LogP contribution >= 0.6 is 34.0 Å². The van der Waals surface area contributed by atoms with Crippen LogP contribution in [-0.2, 0) is 0 Å². The third kappa shape index (κ3) is 15.4. The predicted octanol–water partition coefficient (Wildman–Crippen LogP) is 38.9. The molecule has 684 valence electrons. The van der Waals surface area contributed by atoms with Crippen molar-refractivity contribution in [2.75, 3.05) is 0 Å². The first-order valence-corrected chi connectivity index (χ1v) is 52.1. The van der Waals surface area contributed by atoms with E-state index in [0.717, 1.165) is 65.4 Å². The molecule has 0 atom stereocenters. The van der Waals surface area contributed by atoms with Crippen LogP contribution in [-0.4, -0.2) is 29.9 Å². The predicted molar refractivity (Wildman–Crippen MR) is 628 cm³/mol. The summed E-state index contributed by atoms with van der Waals surface area (Å²) in [7, 11) is 0. The molecule has 0 saturated heterocycles. The molecule has 6 aromatic heterocycles. The van der Waals surface area contributed by atoms with E-state index in [-0.39, 0.29) is 0 Å². The second-order valence-corrected chi connectivity index (χ2v) is 40.8. The molecule has 30 rings (SSSR count). The maximum Gasteiger partial charge on any atom is 0.0971 e. The number of aromatic nitrogens is 6. The molecule has 0 aliphatic rings. The van der Waals surface area contributed by atoms with Crippen molar-refractivity contribution in [3.63, 3.8) is 0 Å². The van der Waals surface area contributed by atoms with E-state index in [2.05, 4.69) is 478 Å². The van der Waals surface area contributed by atoms with Crippen molar-refractivity contribution < 1.29 is 0 Å². The van der Waals surface area contributed by atoms with Crippen LogP contribution in [0.3, 0.4) is 0 Å². The van der Waals surface area contributed by atoms with Crippen LogP contribution in [0.5, 0.6) is 0 Å². The molecule has 0 radical (unpaired) electrons. The molecule has 0 fully saturated rings. The summed E-state index contributed by atoms with van der Waals surface area (Å²) in [5.74, 6) is 0. The van der Waals surface area contributed by atoms with Gasteiger partial charge in [0.2, 0.25) is 0 Å². The van der Waals surface area contributed by atoms with Crippen molar-refractivity contribution in [2.45, 2.75) is 0 Å². The highest BCUT2D eigenvalue weighted by atomic mass is 32.1. The van der Waals surface area contributed by atoms with Crippen LogP contribution in [0, 0.1) is 0 Å². The number of thiophene rings is 3. The zero-order chi connectivity index (χ0) is 96.9. The standard InChI is InChI=1S/C52H32N2S.C46H28N2S.C40H24N2S/c1-4-13-33(14-5-1)39-29-44(35-17-8-3-9-18-35)51-47(31-39)48-32-40(34-15-6-2-7-16-34)30-45(52(48)55-51)38-20-12-19-36(27-38)37-23-24-43-46(28-37)41-21-10-11-22-42(41)49-50(43)54-26-25-53-49;1-3-10-29(11-4-1)32-19-21-43-41(26-32)42-28-35(30-12-5-2-6-13-30)27-39(46(42)49-43)34-15-9-14-31(24-34)33-18-20-38-40(25-33)36-16-7-8-17-37(36)44-45(38)48-23-22-47-44;1-2-9-25(10-3-1)29-15-7-17-34-35-18-8-16-30(40(35)43-39(29)34)28-12-6-11-26(23-28)27-19-20-33-36(24-27)31-13-4-5-14-32(31)37-38(33)42-22-21-41-37/h1-32H;1-28H;1-24H. The molecule has 24 aromatic carbocycles. The summed E-state index contributed by atoms with van der Waals surface area (Å²) in [6.45, 7) is 0. The van der Waals surface area contributed by atoms with Gasteiger partial charge in [-0.2, -0.15) is 0 Å². The highest BCUT2D eigenvalue weighted by Gasteiger charge is 2.25. The van der Waals surface area contributed by atoms with E-state index >= 15 is 0 Å². The summed E-state index contributed by atoms with van der Waals surface area (Å²) in [5, 5.41) is 21.7. The minimum atomic E-state index is 0.937. The molecule has 30 aromatic rings. The molecule has 0 saturated carbocycles. The fourth-order valence-electron chi connectivity index (χ4n) is 22.2. The lowest BCUT2D eigenvalue weighted by molar-refractivity contribution is 1.31. The average Bonchev–Trinajstić information content (AvgIpc) is 1.19. The van der Waals surface area contributed by atoms with Gasteiger partial charge in [-0.1, -0.05) is 388 Å². The van der Waals surface area contributed by atoms with Gasteiger partial charge in [0.15, 0.2) is 0 Å². The van der Waals surface area contributed by atoms with Gasteiger partial charge in [-0.3, -0.25) is 29.9 Å². The van der Waals surface area contributed by atoms with Gasteiger partial charge < -0.3 is 0 Å². The number of rotatable bonds is 12. The van der Waals surface area contributed by atoms with Gasteiger partial charge >= 0.3 is 0 Å². The molecule has 0 unspecified atom stereocenters. The van der Waals surface area contributed by atoms with Gasteiger partial charge in [0.05, 0.1) is 33.1 Å². The number of nitrogens with zero attached hydrogens (tertiary/aromatic N) is 6. The third-order valence-corrected chi connectivity index (χ3v) is 33.0. The van der Waals surface area contributed by atoms with Crippen molar-refractivity contribution in [1.82, 2.24) is 29.9 Å². The van der Waals surface area contributed by atoms with E-state index in [1.807, 2.05) is 34.0 Å². The number of hydrogen-bond acceptors (Lipinski definition) is 9.